The fourth-order valence-electron chi connectivity index (χ4n) is 2.06. The Bertz CT molecular complexity index is 580. The van der Waals surface area contributed by atoms with E-state index in [2.05, 4.69) is 86.3 Å². The molecule has 20 heavy (non-hydrogen) atoms. The van der Waals surface area contributed by atoms with Crippen molar-refractivity contribution in [3.05, 3.63) is 62.5 Å². The predicted molar refractivity (Wildman–Crippen MR) is 93.0 cm³/mol. The minimum atomic E-state index is 0.0529. The molecule has 1 atom stereocenters. The summed E-state index contributed by atoms with van der Waals surface area (Å²) in [5.41, 5.74) is 9.49. The Labute approximate surface area is 137 Å². The topological polar surface area (TPSA) is 29.3 Å². The van der Waals surface area contributed by atoms with Gasteiger partial charge in [0.2, 0.25) is 0 Å². The average Bonchev–Trinajstić information content (AvgIpc) is 2.41. The summed E-state index contributed by atoms with van der Waals surface area (Å²) in [6.07, 6.45) is 0. The molecular weight excluding hydrogens is 380 g/mol. The van der Waals surface area contributed by atoms with Crippen molar-refractivity contribution in [2.45, 2.75) is 19.5 Å². The van der Waals surface area contributed by atoms with E-state index in [1.54, 1.807) is 0 Å². The van der Waals surface area contributed by atoms with Gasteiger partial charge in [-0.2, -0.15) is 0 Å². The maximum Gasteiger partial charge on any atom is 0.0511 e. The molecule has 0 aliphatic carbocycles. The molecule has 106 valence electrons. The fourth-order valence-corrected chi connectivity index (χ4v) is 3.03. The molecule has 2 N–H and O–H groups in total. The lowest BCUT2D eigenvalue weighted by atomic mass is 10.1. The molecule has 2 aromatic rings. The summed E-state index contributed by atoms with van der Waals surface area (Å²) in [5.74, 6) is 0. The molecule has 0 heterocycles. The maximum absolute atomic E-state index is 5.91. The monoisotopic (exact) mass is 396 g/mol. The van der Waals surface area contributed by atoms with Crippen molar-refractivity contribution in [3.63, 3.8) is 0 Å². The molecule has 2 aromatic carbocycles. The number of nitrogens with zero attached hydrogens (tertiary/aromatic N) is 1. The molecule has 0 bridgehead atoms. The molecule has 0 aliphatic rings. The average molecular weight is 398 g/mol. The van der Waals surface area contributed by atoms with Crippen molar-refractivity contribution in [1.82, 2.24) is 0 Å². The van der Waals surface area contributed by atoms with Crippen LogP contribution in [0.5, 0.6) is 0 Å². The lowest BCUT2D eigenvalue weighted by molar-refractivity contribution is 0.816. The Morgan fingerprint density at radius 2 is 1.75 bits per heavy atom. The van der Waals surface area contributed by atoms with Crippen LogP contribution in [0.4, 0.5) is 5.69 Å². The molecule has 0 fully saturated rings. The molecule has 0 saturated carbocycles. The van der Waals surface area contributed by atoms with E-state index in [4.69, 9.17) is 5.73 Å². The van der Waals surface area contributed by atoms with Gasteiger partial charge in [0.1, 0.15) is 0 Å². The van der Waals surface area contributed by atoms with Crippen molar-refractivity contribution in [1.29, 1.82) is 0 Å². The van der Waals surface area contributed by atoms with Gasteiger partial charge in [0, 0.05) is 28.6 Å². The predicted octanol–water partition coefficient (Wildman–Crippen LogP) is 4.87. The van der Waals surface area contributed by atoms with Gasteiger partial charge in [0.15, 0.2) is 0 Å². The van der Waals surface area contributed by atoms with Gasteiger partial charge in [-0.05, 0) is 58.2 Å². The molecule has 0 spiro atoms. The van der Waals surface area contributed by atoms with E-state index in [0.717, 1.165) is 26.7 Å². The highest BCUT2D eigenvalue weighted by atomic mass is 79.9. The van der Waals surface area contributed by atoms with Crippen LogP contribution < -0.4 is 10.6 Å². The van der Waals surface area contributed by atoms with Gasteiger partial charge in [-0.3, -0.25) is 0 Å². The first kappa shape index (κ1) is 15.5. The smallest absolute Gasteiger partial charge is 0.0511 e. The summed E-state index contributed by atoms with van der Waals surface area (Å²) in [6.45, 7) is 2.86. The summed E-state index contributed by atoms with van der Waals surface area (Å²) < 4.78 is 2.18. The van der Waals surface area contributed by atoms with Crippen molar-refractivity contribution in [2.24, 2.45) is 5.73 Å². The van der Waals surface area contributed by atoms with Crippen LogP contribution in [0, 0.1) is 0 Å². The van der Waals surface area contributed by atoms with E-state index in [1.807, 2.05) is 6.92 Å². The molecule has 0 saturated heterocycles. The molecule has 2 rings (SSSR count). The van der Waals surface area contributed by atoms with Crippen LogP contribution in [0.25, 0.3) is 0 Å². The lowest BCUT2D eigenvalue weighted by Crippen LogP contribution is -2.17. The number of benzene rings is 2. The highest BCUT2D eigenvalue weighted by Crippen LogP contribution is 2.29. The maximum atomic E-state index is 5.91. The molecule has 0 aromatic heterocycles. The Morgan fingerprint density at radius 1 is 1.10 bits per heavy atom. The van der Waals surface area contributed by atoms with E-state index in [-0.39, 0.29) is 6.04 Å². The molecule has 4 heteroatoms. The highest BCUT2D eigenvalue weighted by Gasteiger charge is 2.09. The van der Waals surface area contributed by atoms with Crippen LogP contribution in [0.3, 0.4) is 0 Å². The van der Waals surface area contributed by atoms with Crippen LogP contribution in [-0.2, 0) is 6.54 Å². The van der Waals surface area contributed by atoms with Crippen molar-refractivity contribution < 1.29 is 0 Å². The Kier molecular flexibility index (Phi) is 5.24. The van der Waals surface area contributed by atoms with Crippen molar-refractivity contribution >= 4 is 37.5 Å². The zero-order valence-electron chi connectivity index (χ0n) is 11.6. The van der Waals surface area contributed by atoms with Gasteiger partial charge in [0.05, 0.1) is 5.69 Å². The van der Waals surface area contributed by atoms with Crippen molar-refractivity contribution in [3.8, 4) is 0 Å². The number of hydrogen-bond donors (Lipinski definition) is 1. The number of anilines is 1. The molecule has 2 nitrogen and oxygen atoms in total. The van der Waals surface area contributed by atoms with Crippen molar-refractivity contribution in [2.75, 3.05) is 11.9 Å². The van der Waals surface area contributed by atoms with Gasteiger partial charge >= 0.3 is 0 Å². The van der Waals surface area contributed by atoms with E-state index in [1.165, 1.54) is 5.56 Å². The zero-order chi connectivity index (χ0) is 14.7. The zero-order valence-corrected chi connectivity index (χ0v) is 14.8. The van der Waals surface area contributed by atoms with Crippen LogP contribution in [0.15, 0.2) is 51.4 Å². The lowest BCUT2D eigenvalue weighted by Gasteiger charge is -2.22. The normalized spacial score (nSPS) is 12.2. The minimum Gasteiger partial charge on any atom is -0.369 e. The van der Waals surface area contributed by atoms with Crippen LogP contribution in [0.2, 0.25) is 0 Å². The third-order valence-corrected chi connectivity index (χ3v) is 4.41. The first-order chi connectivity index (χ1) is 9.47. The van der Waals surface area contributed by atoms with Gasteiger partial charge in [-0.15, -0.1) is 0 Å². The van der Waals surface area contributed by atoms with Crippen LogP contribution >= 0.6 is 31.9 Å². The summed E-state index contributed by atoms with van der Waals surface area (Å²) >= 11 is 7.09. The van der Waals surface area contributed by atoms with Gasteiger partial charge in [-0.1, -0.05) is 34.1 Å². The van der Waals surface area contributed by atoms with Gasteiger partial charge < -0.3 is 10.6 Å². The summed E-state index contributed by atoms with van der Waals surface area (Å²) in [6, 6.07) is 14.7. The second-order valence-corrected chi connectivity index (χ2v) is 6.75. The van der Waals surface area contributed by atoms with Gasteiger partial charge in [-0.25, -0.2) is 0 Å². The third-order valence-electron chi connectivity index (χ3n) is 3.24. The van der Waals surface area contributed by atoms with Crippen LogP contribution in [-0.4, -0.2) is 7.05 Å². The van der Waals surface area contributed by atoms with E-state index in [0.29, 0.717) is 0 Å². The Morgan fingerprint density at radius 3 is 2.30 bits per heavy atom. The molecule has 0 aliphatic heterocycles. The van der Waals surface area contributed by atoms with Gasteiger partial charge in [0.25, 0.3) is 0 Å². The standard InChI is InChI=1S/C16H18Br2N2/c1-11(19)13-5-8-16(15(18)9-13)20(2)10-12-3-6-14(17)7-4-12/h3-9,11H,10,19H2,1-2H3/t11-/m1/s1. The first-order valence-corrected chi connectivity index (χ1v) is 8.06. The molecular formula is C16H18Br2N2. The van der Waals surface area contributed by atoms with E-state index >= 15 is 0 Å². The third kappa shape index (κ3) is 3.84. The quantitative estimate of drug-likeness (QED) is 0.797. The van der Waals surface area contributed by atoms with E-state index in [9.17, 15) is 0 Å². The molecule has 0 amide bonds. The summed E-state index contributed by atoms with van der Waals surface area (Å²) in [7, 11) is 2.09. The van der Waals surface area contributed by atoms with Crippen LogP contribution in [0.1, 0.15) is 24.1 Å². The number of rotatable bonds is 4. The Balaban J connectivity index is 2.16. The number of halogens is 2. The molecule has 0 radical (unpaired) electrons. The summed E-state index contributed by atoms with van der Waals surface area (Å²) in [5, 5.41) is 0. The molecule has 0 unspecified atom stereocenters. The number of hydrogen-bond acceptors (Lipinski definition) is 2. The second kappa shape index (κ2) is 6.74. The van der Waals surface area contributed by atoms with E-state index < -0.39 is 0 Å². The number of nitrogens with two attached hydrogens (primary N) is 1. The highest BCUT2D eigenvalue weighted by molar-refractivity contribution is 9.10. The SMILES string of the molecule is C[C@@H](N)c1ccc(N(C)Cc2ccc(Br)cc2)c(Br)c1. The first-order valence-electron chi connectivity index (χ1n) is 6.48. The summed E-state index contributed by atoms with van der Waals surface area (Å²) in [4.78, 5) is 2.22. The fraction of sp³-hybridized carbons (Fsp3) is 0.250. The Hall–Kier alpha value is -0.840. The largest absolute Gasteiger partial charge is 0.369 e. The second-order valence-electron chi connectivity index (χ2n) is 4.98. The minimum absolute atomic E-state index is 0.0529.